The minimum absolute atomic E-state index is 0.0654. The van der Waals surface area contributed by atoms with Gasteiger partial charge in [0.1, 0.15) is 11.9 Å². The molecule has 0 saturated carbocycles. The average Bonchev–Trinajstić information content (AvgIpc) is 2.51. The molecule has 0 spiro atoms. The van der Waals surface area contributed by atoms with Gasteiger partial charge in [0.05, 0.1) is 6.42 Å². The van der Waals surface area contributed by atoms with Crippen LogP contribution < -0.4 is 11.1 Å². The lowest BCUT2D eigenvalue weighted by Crippen LogP contribution is -2.46. The number of nitrogens with one attached hydrogen (secondary N) is 1. The summed E-state index contributed by atoms with van der Waals surface area (Å²) in [5.41, 5.74) is 7.00. The lowest BCUT2D eigenvalue weighted by Gasteiger charge is -2.16. The molecule has 2 aromatic carbocycles. The Morgan fingerprint density at radius 3 is 2.39 bits per heavy atom. The summed E-state index contributed by atoms with van der Waals surface area (Å²) in [5.74, 6) is -1.27. The molecule has 2 aromatic rings. The molecule has 3 N–H and O–H groups in total. The van der Waals surface area contributed by atoms with Crippen molar-refractivity contribution < 1.29 is 14.0 Å². The number of nitrogens with two attached hydrogens (primary N) is 1. The van der Waals surface area contributed by atoms with E-state index in [0.717, 1.165) is 9.13 Å². The predicted octanol–water partition coefficient (Wildman–Crippen LogP) is 2.19. The van der Waals surface area contributed by atoms with Crippen LogP contribution in [0, 0.1) is 9.39 Å². The minimum Gasteiger partial charge on any atom is -0.368 e. The SMILES string of the molecule is NC(=O)[C@H](Cc1ccccc1I)NC(=O)Cc1ccc(F)cc1. The second-order valence-electron chi connectivity index (χ2n) is 5.12. The number of hydrogen-bond acceptors (Lipinski definition) is 2. The third-order valence-corrected chi connectivity index (χ3v) is 4.39. The van der Waals surface area contributed by atoms with Gasteiger partial charge in [-0.15, -0.1) is 0 Å². The molecule has 0 heterocycles. The monoisotopic (exact) mass is 426 g/mol. The Morgan fingerprint density at radius 1 is 1.13 bits per heavy atom. The normalized spacial score (nSPS) is 11.7. The van der Waals surface area contributed by atoms with Crippen LogP contribution in [0.3, 0.4) is 0 Å². The first-order valence-electron chi connectivity index (χ1n) is 7.02. The fourth-order valence-corrected chi connectivity index (χ4v) is 2.75. The minimum atomic E-state index is -0.779. The van der Waals surface area contributed by atoms with E-state index < -0.39 is 11.9 Å². The highest BCUT2D eigenvalue weighted by molar-refractivity contribution is 14.1. The molecule has 0 aliphatic carbocycles. The van der Waals surface area contributed by atoms with Crippen LogP contribution in [-0.2, 0) is 22.4 Å². The quantitative estimate of drug-likeness (QED) is 0.696. The van der Waals surface area contributed by atoms with Crippen molar-refractivity contribution in [2.75, 3.05) is 0 Å². The van der Waals surface area contributed by atoms with Gasteiger partial charge in [0, 0.05) is 9.99 Å². The van der Waals surface area contributed by atoms with Crippen molar-refractivity contribution in [2.24, 2.45) is 5.73 Å². The molecule has 2 amide bonds. The number of primary amides is 1. The molecule has 2 rings (SSSR count). The van der Waals surface area contributed by atoms with Gasteiger partial charge in [-0.05, 0) is 51.9 Å². The first-order chi connectivity index (χ1) is 11.0. The van der Waals surface area contributed by atoms with Crippen LogP contribution in [0.25, 0.3) is 0 Å². The van der Waals surface area contributed by atoms with Crippen LogP contribution in [0.2, 0.25) is 0 Å². The van der Waals surface area contributed by atoms with Crippen LogP contribution in [0.1, 0.15) is 11.1 Å². The van der Waals surface area contributed by atoms with Gasteiger partial charge in [-0.25, -0.2) is 4.39 Å². The summed E-state index contributed by atoms with van der Waals surface area (Å²) in [5, 5.41) is 2.64. The molecule has 6 heteroatoms. The van der Waals surface area contributed by atoms with Gasteiger partial charge in [0.2, 0.25) is 11.8 Å². The Kier molecular flexibility index (Phi) is 6.09. The fourth-order valence-electron chi connectivity index (χ4n) is 2.14. The van der Waals surface area contributed by atoms with E-state index in [0.29, 0.717) is 12.0 Å². The van der Waals surface area contributed by atoms with Gasteiger partial charge in [-0.2, -0.15) is 0 Å². The number of carbonyl (C=O) groups is 2. The van der Waals surface area contributed by atoms with Gasteiger partial charge in [0.15, 0.2) is 0 Å². The molecule has 0 aliphatic rings. The predicted molar refractivity (Wildman–Crippen MR) is 94.1 cm³/mol. The van der Waals surface area contributed by atoms with Gasteiger partial charge in [-0.1, -0.05) is 30.3 Å². The zero-order valence-corrected chi connectivity index (χ0v) is 14.4. The number of halogens is 2. The van der Waals surface area contributed by atoms with Crippen LogP contribution in [-0.4, -0.2) is 17.9 Å². The van der Waals surface area contributed by atoms with Crippen molar-refractivity contribution in [1.82, 2.24) is 5.32 Å². The Morgan fingerprint density at radius 2 is 1.78 bits per heavy atom. The molecule has 0 aromatic heterocycles. The van der Waals surface area contributed by atoms with Gasteiger partial charge < -0.3 is 11.1 Å². The number of benzene rings is 2. The van der Waals surface area contributed by atoms with Crippen molar-refractivity contribution >= 4 is 34.4 Å². The van der Waals surface area contributed by atoms with E-state index in [1.807, 2.05) is 24.3 Å². The highest BCUT2D eigenvalue weighted by Crippen LogP contribution is 2.13. The summed E-state index contributed by atoms with van der Waals surface area (Å²) in [4.78, 5) is 23.7. The summed E-state index contributed by atoms with van der Waals surface area (Å²) < 4.78 is 13.9. The Balaban J connectivity index is 2.01. The Bertz CT molecular complexity index is 704. The van der Waals surface area contributed by atoms with E-state index in [1.165, 1.54) is 24.3 Å². The van der Waals surface area contributed by atoms with Crippen LogP contribution in [0.15, 0.2) is 48.5 Å². The zero-order valence-electron chi connectivity index (χ0n) is 12.3. The second kappa shape index (κ2) is 8.05. The van der Waals surface area contributed by atoms with Gasteiger partial charge in [0.25, 0.3) is 0 Å². The lowest BCUT2D eigenvalue weighted by molar-refractivity contribution is -0.127. The maximum absolute atomic E-state index is 12.9. The van der Waals surface area contributed by atoms with Crippen LogP contribution in [0.5, 0.6) is 0 Å². The van der Waals surface area contributed by atoms with Crippen molar-refractivity contribution in [2.45, 2.75) is 18.9 Å². The molecule has 4 nitrogen and oxygen atoms in total. The first kappa shape index (κ1) is 17.4. The maximum Gasteiger partial charge on any atom is 0.240 e. The molecule has 0 unspecified atom stereocenters. The van der Waals surface area contributed by atoms with E-state index in [9.17, 15) is 14.0 Å². The Hall–Kier alpha value is -1.96. The number of rotatable bonds is 6. The maximum atomic E-state index is 12.9. The third kappa shape index (κ3) is 5.31. The molecule has 0 aliphatic heterocycles. The van der Waals surface area contributed by atoms with Crippen molar-refractivity contribution in [3.05, 3.63) is 69.0 Å². The summed E-state index contributed by atoms with van der Waals surface area (Å²) in [6.45, 7) is 0. The summed E-state index contributed by atoms with van der Waals surface area (Å²) in [6.07, 6.45) is 0.402. The van der Waals surface area contributed by atoms with Crippen molar-refractivity contribution in [1.29, 1.82) is 0 Å². The highest BCUT2D eigenvalue weighted by Gasteiger charge is 2.19. The smallest absolute Gasteiger partial charge is 0.240 e. The van der Waals surface area contributed by atoms with Crippen molar-refractivity contribution in [3.8, 4) is 0 Å². The zero-order chi connectivity index (χ0) is 16.8. The van der Waals surface area contributed by atoms with Gasteiger partial charge in [-0.3, -0.25) is 9.59 Å². The standard InChI is InChI=1S/C17H16FIN2O2/c18-13-7-5-11(6-8-13)9-16(22)21-15(17(20)23)10-12-3-1-2-4-14(12)19/h1-8,15H,9-10H2,(H2,20,23)(H,21,22)/t15-/m0/s1. The first-order valence-corrected chi connectivity index (χ1v) is 8.10. The molecule has 0 fully saturated rings. The number of hydrogen-bond donors (Lipinski definition) is 2. The summed E-state index contributed by atoms with van der Waals surface area (Å²) >= 11 is 2.17. The fraction of sp³-hybridized carbons (Fsp3) is 0.176. The van der Waals surface area contributed by atoms with E-state index in [4.69, 9.17) is 5.73 Å². The summed E-state index contributed by atoms with van der Waals surface area (Å²) in [7, 11) is 0. The molecule has 0 radical (unpaired) electrons. The number of carbonyl (C=O) groups excluding carboxylic acids is 2. The summed E-state index contributed by atoms with van der Waals surface area (Å²) in [6, 6.07) is 12.5. The number of amides is 2. The van der Waals surface area contributed by atoms with Crippen LogP contribution in [0.4, 0.5) is 4.39 Å². The molecule has 0 bridgehead atoms. The highest BCUT2D eigenvalue weighted by atomic mass is 127. The molecule has 120 valence electrons. The molecule has 1 atom stereocenters. The lowest BCUT2D eigenvalue weighted by atomic mass is 10.0. The second-order valence-corrected chi connectivity index (χ2v) is 6.28. The molecular formula is C17H16FIN2O2. The van der Waals surface area contributed by atoms with Gasteiger partial charge >= 0.3 is 0 Å². The van der Waals surface area contributed by atoms with E-state index in [1.54, 1.807) is 0 Å². The molecule has 23 heavy (non-hydrogen) atoms. The van der Waals surface area contributed by atoms with E-state index in [2.05, 4.69) is 27.9 Å². The van der Waals surface area contributed by atoms with Crippen LogP contribution >= 0.6 is 22.6 Å². The van der Waals surface area contributed by atoms with E-state index in [-0.39, 0.29) is 18.1 Å². The average molecular weight is 426 g/mol. The van der Waals surface area contributed by atoms with Crippen molar-refractivity contribution in [3.63, 3.8) is 0 Å². The molecular weight excluding hydrogens is 410 g/mol. The third-order valence-electron chi connectivity index (χ3n) is 3.34. The Labute approximate surface area is 147 Å². The largest absolute Gasteiger partial charge is 0.368 e. The topological polar surface area (TPSA) is 72.2 Å². The molecule has 0 saturated heterocycles. The van der Waals surface area contributed by atoms with E-state index >= 15 is 0 Å².